The first-order chi connectivity index (χ1) is 7.85. The fourth-order valence-electron chi connectivity index (χ4n) is 1.93. The Morgan fingerprint density at radius 1 is 1.12 bits per heavy atom. The summed E-state index contributed by atoms with van der Waals surface area (Å²) in [7, 11) is 0. The van der Waals surface area contributed by atoms with Gasteiger partial charge in [-0.25, -0.2) is 0 Å². The SMILES string of the molecule is FC(F)(F)C1(c2cc(Cl)cc(Cl)c2)C=NCC1. The Balaban J connectivity index is 2.58. The Labute approximate surface area is 106 Å². The van der Waals surface area contributed by atoms with Gasteiger partial charge in [0.1, 0.15) is 5.41 Å². The van der Waals surface area contributed by atoms with Crippen molar-refractivity contribution in [3.05, 3.63) is 33.8 Å². The highest BCUT2D eigenvalue weighted by Crippen LogP contribution is 2.45. The van der Waals surface area contributed by atoms with Gasteiger partial charge in [-0.3, -0.25) is 4.99 Å². The lowest BCUT2D eigenvalue weighted by molar-refractivity contribution is -0.167. The maximum Gasteiger partial charge on any atom is 0.403 e. The number of benzene rings is 1. The summed E-state index contributed by atoms with van der Waals surface area (Å²) < 4.78 is 39.6. The highest BCUT2D eigenvalue weighted by molar-refractivity contribution is 6.34. The molecule has 6 heteroatoms. The Morgan fingerprint density at radius 2 is 1.71 bits per heavy atom. The van der Waals surface area contributed by atoms with Crippen molar-refractivity contribution in [1.29, 1.82) is 0 Å². The average molecular weight is 282 g/mol. The molecule has 1 aliphatic rings. The lowest BCUT2D eigenvalue weighted by Gasteiger charge is -2.29. The van der Waals surface area contributed by atoms with Crippen molar-refractivity contribution in [3.63, 3.8) is 0 Å². The number of alkyl halides is 3. The van der Waals surface area contributed by atoms with Crippen LogP contribution in [0.1, 0.15) is 12.0 Å². The first-order valence-corrected chi connectivity index (χ1v) is 5.65. The number of hydrogen-bond donors (Lipinski definition) is 0. The van der Waals surface area contributed by atoms with Crippen LogP contribution in [0.2, 0.25) is 10.0 Å². The van der Waals surface area contributed by atoms with Gasteiger partial charge >= 0.3 is 6.18 Å². The van der Waals surface area contributed by atoms with E-state index in [9.17, 15) is 13.2 Å². The molecule has 1 nitrogen and oxygen atoms in total. The Bertz CT molecular complexity index is 450. The maximum absolute atomic E-state index is 13.2. The summed E-state index contributed by atoms with van der Waals surface area (Å²) in [5.41, 5.74) is -2.01. The quantitative estimate of drug-likeness (QED) is 0.729. The zero-order valence-electron chi connectivity index (χ0n) is 8.56. The molecule has 1 aromatic rings. The third-order valence-corrected chi connectivity index (χ3v) is 3.27. The number of halogens is 5. The van der Waals surface area contributed by atoms with Crippen molar-refractivity contribution >= 4 is 29.4 Å². The van der Waals surface area contributed by atoms with Crippen LogP contribution in [0.3, 0.4) is 0 Å². The van der Waals surface area contributed by atoms with Gasteiger partial charge in [-0.15, -0.1) is 0 Å². The minimum atomic E-state index is -4.40. The van der Waals surface area contributed by atoms with Gasteiger partial charge in [-0.2, -0.15) is 13.2 Å². The smallest absolute Gasteiger partial charge is 0.296 e. The van der Waals surface area contributed by atoms with E-state index in [-0.39, 0.29) is 28.6 Å². The van der Waals surface area contributed by atoms with Gasteiger partial charge in [-0.05, 0) is 30.2 Å². The Hall–Kier alpha value is -0.740. The maximum atomic E-state index is 13.2. The fourth-order valence-corrected chi connectivity index (χ4v) is 2.46. The lowest BCUT2D eigenvalue weighted by atomic mass is 9.79. The second kappa shape index (κ2) is 4.18. The van der Waals surface area contributed by atoms with Gasteiger partial charge in [0, 0.05) is 22.8 Å². The van der Waals surface area contributed by atoms with Crippen molar-refractivity contribution in [2.24, 2.45) is 4.99 Å². The molecular weight excluding hydrogens is 274 g/mol. The van der Waals surface area contributed by atoms with E-state index >= 15 is 0 Å². The predicted molar refractivity (Wildman–Crippen MR) is 62.2 cm³/mol. The summed E-state index contributed by atoms with van der Waals surface area (Å²) in [5, 5.41) is 0.382. The van der Waals surface area contributed by atoms with E-state index < -0.39 is 11.6 Å². The fraction of sp³-hybridized carbons (Fsp3) is 0.364. The van der Waals surface area contributed by atoms with Crippen molar-refractivity contribution in [1.82, 2.24) is 0 Å². The first kappa shape index (κ1) is 12.7. The zero-order valence-corrected chi connectivity index (χ0v) is 10.1. The predicted octanol–water partition coefficient (Wildman–Crippen LogP) is 4.27. The molecule has 0 aromatic heterocycles. The lowest BCUT2D eigenvalue weighted by Crippen LogP contribution is -2.42. The summed E-state index contributed by atoms with van der Waals surface area (Å²) in [6.07, 6.45) is -3.55. The van der Waals surface area contributed by atoms with E-state index in [1.807, 2.05) is 0 Å². The zero-order chi connectivity index (χ0) is 12.7. The molecule has 0 spiro atoms. The van der Waals surface area contributed by atoms with E-state index in [2.05, 4.69) is 4.99 Å². The molecule has 0 fully saturated rings. The molecule has 1 atom stereocenters. The van der Waals surface area contributed by atoms with Gasteiger partial charge < -0.3 is 0 Å². The van der Waals surface area contributed by atoms with Crippen molar-refractivity contribution in [2.45, 2.75) is 18.0 Å². The van der Waals surface area contributed by atoms with Gasteiger partial charge in [-0.1, -0.05) is 23.2 Å². The summed E-state index contributed by atoms with van der Waals surface area (Å²) >= 11 is 11.5. The number of hydrogen-bond acceptors (Lipinski definition) is 1. The summed E-state index contributed by atoms with van der Waals surface area (Å²) in [6.45, 7) is 0.156. The first-order valence-electron chi connectivity index (χ1n) is 4.89. The molecule has 0 bridgehead atoms. The summed E-state index contributed by atoms with van der Waals surface area (Å²) in [4.78, 5) is 3.71. The molecule has 17 heavy (non-hydrogen) atoms. The second-order valence-corrected chi connectivity index (χ2v) is 4.79. The molecule has 0 radical (unpaired) electrons. The molecule has 0 N–H and O–H groups in total. The number of nitrogens with zero attached hydrogens (tertiary/aromatic N) is 1. The minimum Gasteiger partial charge on any atom is -0.296 e. The average Bonchev–Trinajstić information content (AvgIpc) is 2.64. The monoisotopic (exact) mass is 281 g/mol. The van der Waals surface area contributed by atoms with E-state index in [1.165, 1.54) is 18.2 Å². The largest absolute Gasteiger partial charge is 0.403 e. The van der Waals surface area contributed by atoms with Crippen LogP contribution in [-0.2, 0) is 5.41 Å². The third-order valence-electron chi connectivity index (χ3n) is 2.83. The van der Waals surface area contributed by atoms with Crippen LogP contribution in [0.25, 0.3) is 0 Å². The molecule has 0 amide bonds. The molecular formula is C11H8Cl2F3N. The van der Waals surface area contributed by atoms with Crippen LogP contribution in [0.15, 0.2) is 23.2 Å². The Morgan fingerprint density at radius 3 is 2.12 bits per heavy atom. The normalized spacial score (nSPS) is 24.3. The molecule has 1 unspecified atom stereocenters. The van der Waals surface area contributed by atoms with Crippen LogP contribution in [0.4, 0.5) is 13.2 Å². The molecule has 2 rings (SSSR count). The molecule has 1 aliphatic heterocycles. The van der Waals surface area contributed by atoms with Crippen molar-refractivity contribution in [2.75, 3.05) is 6.54 Å². The minimum absolute atomic E-state index is 0.0451. The number of rotatable bonds is 1. The molecule has 1 aromatic carbocycles. The van der Waals surface area contributed by atoms with Crippen LogP contribution >= 0.6 is 23.2 Å². The van der Waals surface area contributed by atoms with Gasteiger partial charge in [0.2, 0.25) is 0 Å². The molecule has 0 saturated heterocycles. The standard InChI is InChI=1S/C11H8Cl2F3N/c12-8-3-7(4-9(13)5-8)10(11(14,15)16)1-2-17-6-10/h3-6H,1-2H2. The Kier molecular flexibility index (Phi) is 3.12. The van der Waals surface area contributed by atoms with Crippen LogP contribution in [0, 0.1) is 0 Å². The summed E-state index contributed by atoms with van der Waals surface area (Å²) in [5.74, 6) is 0. The van der Waals surface area contributed by atoms with E-state index in [0.29, 0.717) is 0 Å². The summed E-state index contributed by atoms with van der Waals surface area (Å²) in [6, 6.07) is 3.99. The molecule has 0 saturated carbocycles. The van der Waals surface area contributed by atoms with Crippen molar-refractivity contribution in [3.8, 4) is 0 Å². The molecule has 1 heterocycles. The van der Waals surface area contributed by atoms with Gasteiger partial charge in [0.25, 0.3) is 0 Å². The van der Waals surface area contributed by atoms with Crippen molar-refractivity contribution < 1.29 is 13.2 Å². The third kappa shape index (κ3) is 2.16. The highest BCUT2D eigenvalue weighted by atomic mass is 35.5. The van der Waals surface area contributed by atoms with Gasteiger partial charge in [0.05, 0.1) is 0 Å². The van der Waals surface area contributed by atoms with Crippen LogP contribution in [-0.4, -0.2) is 18.9 Å². The molecule has 92 valence electrons. The molecule has 0 aliphatic carbocycles. The van der Waals surface area contributed by atoms with Crippen LogP contribution in [0.5, 0.6) is 0 Å². The topological polar surface area (TPSA) is 12.4 Å². The van der Waals surface area contributed by atoms with Gasteiger partial charge in [0.15, 0.2) is 0 Å². The highest BCUT2D eigenvalue weighted by Gasteiger charge is 2.56. The van der Waals surface area contributed by atoms with E-state index in [1.54, 1.807) is 0 Å². The van der Waals surface area contributed by atoms with E-state index in [0.717, 1.165) is 6.21 Å². The number of aliphatic imine (C=N–C) groups is 1. The second-order valence-electron chi connectivity index (χ2n) is 3.91. The van der Waals surface area contributed by atoms with Crippen LogP contribution < -0.4 is 0 Å². The van der Waals surface area contributed by atoms with E-state index in [4.69, 9.17) is 23.2 Å².